The third-order valence-electron chi connectivity index (χ3n) is 2.49. The Morgan fingerprint density at radius 1 is 1.64 bits per heavy atom. The van der Waals surface area contributed by atoms with Crippen molar-refractivity contribution in [2.24, 2.45) is 0 Å². The second kappa shape index (κ2) is 4.96. The molecule has 0 aliphatic rings. The van der Waals surface area contributed by atoms with Crippen LogP contribution in [0.1, 0.15) is 24.4 Å². The summed E-state index contributed by atoms with van der Waals surface area (Å²) >= 11 is 0. The number of hydrogen-bond acceptors (Lipinski definition) is 2. The lowest BCUT2D eigenvalue weighted by molar-refractivity contribution is 0.499. The molecule has 0 aliphatic heterocycles. The molecule has 14 heavy (non-hydrogen) atoms. The van der Waals surface area contributed by atoms with E-state index in [0.29, 0.717) is 6.04 Å². The zero-order valence-corrected chi connectivity index (χ0v) is 9.25. The van der Waals surface area contributed by atoms with Gasteiger partial charge in [-0.3, -0.25) is 0 Å². The molecule has 3 nitrogen and oxygen atoms in total. The first-order chi connectivity index (χ1) is 6.66. The molecule has 0 aliphatic carbocycles. The highest BCUT2D eigenvalue weighted by molar-refractivity contribution is 5.09. The van der Waals surface area contributed by atoms with E-state index >= 15 is 0 Å². The molecular formula is C11H19N3. The molecule has 0 radical (unpaired) electrons. The Kier molecular flexibility index (Phi) is 3.89. The molecule has 1 atom stereocenters. The maximum atomic E-state index is 4.28. The van der Waals surface area contributed by atoms with Crippen molar-refractivity contribution in [3.63, 3.8) is 0 Å². The monoisotopic (exact) mass is 193 g/mol. The minimum atomic E-state index is 0.441. The Bertz CT molecular complexity index is 301. The van der Waals surface area contributed by atoms with Gasteiger partial charge in [0.1, 0.15) is 0 Å². The molecule has 0 spiro atoms. The second-order valence-electron chi connectivity index (χ2n) is 3.62. The summed E-state index contributed by atoms with van der Waals surface area (Å²) in [5, 5.41) is 3.30. The van der Waals surface area contributed by atoms with Crippen LogP contribution in [-0.4, -0.2) is 22.6 Å². The smallest absolute Gasteiger partial charge is 0.0954 e. The van der Waals surface area contributed by atoms with Gasteiger partial charge in [0.25, 0.3) is 0 Å². The van der Waals surface area contributed by atoms with Crippen molar-refractivity contribution in [2.75, 3.05) is 13.1 Å². The predicted molar refractivity (Wildman–Crippen MR) is 59.5 cm³/mol. The summed E-state index contributed by atoms with van der Waals surface area (Å²) in [6, 6.07) is 0.441. The van der Waals surface area contributed by atoms with Gasteiger partial charge in [0.15, 0.2) is 0 Å². The fourth-order valence-corrected chi connectivity index (χ4v) is 1.45. The lowest BCUT2D eigenvalue weighted by Crippen LogP contribution is -2.23. The van der Waals surface area contributed by atoms with Crippen LogP contribution in [0.15, 0.2) is 19.0 Å². The average molecular weight is 193 g/mol. The minimum Gasteiger partial charge on any atom is -0.331 e. The molecule has 0 fully saturated rings. The van der Waals surface area contributed by atoms with E-state index < -0.39 is 0 Å². The molecule has 0 amide bonds. The Morgan fingerprint density at radius 2 is 2.36 bits per heavy atom. The number of hydrogen-bond donors (Lipinski definition) is 1. The second-order valence-corrected chi connectivity index (χ2v) is 3.62. The standard InChI is InChI=1S/C11H19N3/c1-5-6-12-7-9(2)14-8-13-10(3)11(14)4/h5,8-9,12H,1,6-7H2,2-4H3. The molecule has 0 aromatic carbocycles. The number of rotatable bonds is 5. The van der Waals surface area contributed by atoms with Gasteiger partial charge >= 0.3 is 0 Å². The quantitative estimate of drug-likeness (QED) is 0.571. The Morgan fingerprint density at radius 3 is 2.86 bits per heavy atom. The van der Waals surface area contributed by atoms with Gasteiger partial charge in [-0.05, 0) is 20.8 Å². The normalized spacial score (nSPS) is 12.8. The van der Waals surface area contributed by atoms with Crippen molar-refractivity contribution in [3.05, 3.63) is 30.4 Å². The molecule has 1 N–H and O–H groups in total. The van der Waals surface area contributed by atoms with E-state index in [1.54, 1.807) is 0 Å². The average Bonchev–Trinajstić information content (AvgIpc) is 2.48. The van der Waals surface area contributed by atoms with Crippen LogP contribution in [0.5, 0.6) is 0 Å². The van der Waals surface area contributed by atoms with E-state index in [4.69, 9.17) is 0 Å². The lowest BCUT2D eigenvalue weighted by Gasteiger charge is -2.15. The SMILES string of the molecule is C=CCNCC(C)n1cnc(C)c1C. The number of nitrogens with zero attached hydrogens (tertiary/aromatic N) is 2. The first-order valence-corrected chi connectivity index (χ1v) is 4.98. The van der Waals surface area contributed by atoms with E-state index in [1.807, 2.05) is 19.3 Å². The van der Waals surface area contributed by atoms with Crippen molar-refractivity contribution in [3.8, 4) is 0 Å². The van der Waals surface area contributed by atoms with Gasteiger partial charge in [0.05, 0.1) is 12.0 Å². The Balaban J connectivity index is 2.55. The van der Waals surface area contributed by atoms with E-state index in [0.717, 1.165) is 18.8 Å². The summed E-state index contributed by atoms with van der Waals surface area (Å²) in [7, 11) is 0. The predicted octanol–water partition coefficient (Wildman–Crippen LogP) is 1.84. The first kappa shape index (κ1) is 11.0. The van der Waals surface area contributed by atoms with Crippen LogP contribution in [0.4, 0.5) is 0 Å². The van der Waals surface area contributed by atoms with Crippen LogP contribution in [0.25, 0.3) is 0 Å². The fourth-order valence-electron chi connectivity index (χ4n) is 1.45. The number of nitrogens with one attached hydrogen (secondary N) is 1. The molecule has 1 heterocycles. The number of aryl methyl sites for hydroxylation is 1. The third-order valence-corrected chi connectivity index (χ3v) is 2.49. The van der Waals surface area contributed by atoms with Crippen LogP contribution in [-0.2, 0) is 0 Å². The molecule has 1 aromatic heterocycles. The highest BCUT2D eigenvalue weighted by Crippen LogP contribution is 2.11. The first-order valence-electron chi connectivity index (χ1n) is 4.98. The molecule has 0 saturated heterocycles. The number of aromatic nitrogens is 2. The van der Waals surface area contributed by atoms with Gasteiger partial charge in [-0.15, -0.1) is 6.58 Å². The van der Waals surface area contributed by atoms with E-state index in [9.17, 15) is 0 Å². The Labute approximate surface area is 85.8 Å². The van der Waals surface area contributed by atoms with Crippen LogP contribution >= 0.6 is 0 Å². The molecule has 78 valence electrons. The van der Waals surface area contributed by atoms with E-state index in [2.05, 4.69) is 35.3 Å². The van der Waals surface area contributed by atoms with Crippen LogP contribution in [0.2, 0.25) is 0 Å². The van der Waals surface area contributed by atoms with Crippen molar-refractivity contribution in [1.29, 1.82) is 0 Å². The summed E-state index contributed by atoms with van der Waals surface area (Å²) in [6.07, 6.45) is 3.78. The van der Waals surface area contributed by atoms with E-state index in [1.165, 1.54) is 5.69 Å². The van der Waals surface area contributed by atoms with Crippen molar-refractivity contribution >= 4 is 0 Å². The number of imidazole rings is 1. The molecular weight excluding hydrogens is 174 g/mol. The highest BCUT2D eigenvalue weighted by atomic mass is 15.1. The van der Waals surface area contributed by atoms with Crippen LogP contribution in [0, 0.1) is 13.8 Å². The topological polar surface area (TPSA) is 29.9 Å². The van der Waals surface area contributed by atoms with E-state index in [-0.39, 0.29) is 0 Å². The maximum Gasteiger partial charge on any atom is 0.0954 e. The molecule has 1 rings (SSSR count). The molecule has 0 bridgehead atoms. The summed E-state index contributed by atoms with van der Waals surface area (Å²) in [5.74, 6) is 0. The van der Waals surface area contributed by atoms with Crippen molar-refractivity contribution < 1.29 is 0 Å². The van der Waals surface area contributed by atoms with Gasteiger partial charge in [0, 0.05) is 24.8 Å². The van der Waals surface area contributed by atoms with Crippen molar-refractivity contribution in [2.45, 2.75) is 26.8 Å². The fraction of sp³-hybridized carbons (Fsp3) is 0.545. The zero-order chi connectivity index (χ0) is 10.6. The van der Waals surface area contributed by atoms with Gasteiger partial charge in [0.2, 0.25) is 0 Å². The molecule has 1 unspecified atom stereocenters. The van der Waals surface area contributed by atoms with Gasteiger partial charge < -0.3 is 9.88 Å². The molecule has 0 saturated carbocycles. The van der Waals surface area contributed by atoms with Crippen molar-refractivity contribution in [1.82, 2.24) is 14.9 Å². The van der Waals surface area contributed by atoms with Crippen LogP contribution < -0.4 is 5.32 Å². The molecule has 3 heteroatoms. The van der Waals surface area contributed by atoms with Gasteiger partial charge in [-0.1, -0.05) is 6.08 Å². The van der Waals surface area contributed by atoms with Gasteiger partial charge in [-0.25, -0.2) is 4.98 Å². The van der Waals surface area contributed by atoms with Crippen LogP contribution in [0.3, 0.4) is 0 Å². The third kappa shape index (κ3) is 2.45. The lowest BCUT2D eigenvalue weighted by atomic mass is 10.3. The largest absolute Gasteiger partial charge is 0.331 e. The Hall–Kier alpha value is -1.09. The summed E-state index contributed by atoms with van der Waals surface area (Å²) < 4.78 is 2.20. The molecule has 1 aromatic rings. The zero-order valence-electron chi connectivity index (χ0n) is 9.25. The van der Waals surface area contributed by atoms with Gasteiger partial charge in [-0.2, -0.15) is 0 Å². The summed E-state index contributed by atoms with van der Waals surface area (Å²) in [4.78, 5) is 4.28. The summed E-state index contributed by atoms with van der Waals surface area (Å²) in [5.41, 5.74) is 2.36. The summed E-state index contributed by atoms with van der Waals surface area (Å²) in [6.45, 7) is 11.8. The maximum absolute atomic E-state index is 4.28. The highest BCUT2D eigenvalue weighted by Gasteiger charge is 2.08. The minimum absolute atomic E-state index is 0.441.